The van der Waals surface area contributed by atoms with E-state index in [1.165, 1.54) is 0 Å². The molecule has 15 heavy (non-hydrogen) atoms. The summed E-state index contributed by atoms with van der Waals surface area (Å²) in [6.07, 6.45) is 0. The van der Waals surface area contributed by atoms with Gasteiger partial charge in [0.2, 0.25) is 0 Å². The Kier molecular flexibility index (Phi) is 4.33. The lowest BCUT2D eigenvalue weighted by Gasteiger charge is -2.16. The van der Waals surface area contributed by atoms with Gasteiger partial charge in [0.15, 0.2) is 0 Å². The molecule has 1 aromatic carbocycles. The Morgan fingerprint density at radius 2 is 1.80 bits per heavy atom. The van der Waals surface area contributed by atoms with Gasteiger partial charge in [-0.15, -0.1) is 0 Å². The summed E-state index contributed by atoms with van der Waals surface area (Å²) in [7, 11) is 1.82. The molecular weight excluding hydrogens is 254 g/mol. The fraction of sp³-hybridized carbons (Fsp3) is 0.417. The van der Waals surface area contributed by atoms with Gasteiger partial charge < -0.3 is 4.90 Å². The van der Waals surface area contributed by atoms with Gasteiger partial charge in [0.25, 0.3) is 5.91 Å². The molecule has 1 amide bonds. The van der Waals surface area contributed by atoms with Crippen LogP contribution in [0.15, 0.2) is 18.2 Å². The van der Waals surface area contributed by atoms with Gasteiger partial charge in [0.05, 0.1) is 0 Å². The maximum Gasteiger partial charge on any atom is 0.253 e. The first kappa shape index (κ1) is 12.2. The molecule has 82 valence electrons. The quantitative estimate of drug-likeness (QED) is 0.773. The van der Waals surface area contributed by atoms with Crippen LogP contribution in [0.1, 0.15) is 21.5 Å². The molecule has 0 aliphatic heterocycles. The highest BCUT2D eigenvalue weighted by atomic mass is 79.9. The molecule has 2 nitrogen and oxygen atoms in total. The number of carbonyl (C=O) groups is 1. The molecule has 0 bridgehead atoms. The summed E-state index contributed by atoms with van der Waals surface area (Å²) in [5.41, 5.74) is 3.03. The van der Waals surface area contributed by atoms with Gasteiger partial charge in [0.1, 0.15) is 0 Å². The lowest BCUT2D eigenvalue weighted by Crippen LogP contribution is -2.28. The van der Waals surface area contributed by atoms with Gasteiger partial charge in [0, 0.05) is 24.5 Å². The molecule has 1 rings (SSSR count). The topological polar surface area (TPSA) is 20.3 Å². The Bertz CT molecular complexity index is 342. The van der Waals surface area contributed by atoms with E-state index >= 15 is 0 Å². The molecule has 0 radical (unpaired) electrons. The largest absolute Gasteiger partial charge is 0.341 e. The zero-order valence-electron chi connectivity index (χ0n) is 9.38. The maximum absolute atomic E-state index is 11.9. The number of hydrogen-bond donors (Lipinski definition) is 0. The van der Waals surface area contributed by atoms with E-state index in [9.17, 15) is 4.79 Å². The molecule has 0 spiro atoms. The third-order valence-corrected chi connectivity index (χ3v) is 2.59. The highest BCUT2D eigenvalue weighted by molar-refractivity contribution is 9.09. The Labute approximate surface area is 99.4 Å². The Balaban J connectivity index is 2.90. The maximum atomic E-state index is 11.9. The van der Waals surface area contributed by atoms with E-state index in [1.807, 2.05) is 33.0 Å². The number of amides is 1. The Hall–Kier alpha value is -0.830. The summed E-state index contributed by atoms with van der Waals surface area (Å²) >= 11 is 3.33. The summed E-state index contributed by atoms with van der Waals surface area (Å²) in [4.78, 5) is 13.7. The Morgan fingerprint density at radius 1 is 1.27 bits per heavy atom. The normalized spacial score (nSPS) is 10.1. The predicted molar refractivity (Wildman–Crippen MR) is 66.7 cm³/mol. The molecule has 0 aliphatic rings. The monoisotopic (exact) mass is 269 g/mol. The van der Waals surface area contributed by atoms with Crippen molar-refractivity contribution >= 4 is 21.8 Å². The molecule has 0 heterocycles. The van der Waals surface area contributed by atoms with Crippen LogP contribution in [0, 0.1) is 13.8 Å². The second-order valence-electron chi connectivity index (χ2n) is 3.79. The van der Waals surface area contributed by atoms with Crippen LogP contribution in [-0.2, 0) is 0 Å². The number of benzene rings is 1. The molecule has 0 unspecified atom stereocenters. The van der Waals surface area contributed by atoms with Crippen molar-refractivity contribution in [2.45, 2.75) is 13.8 Å². The zero-order chi connectivity index (χ0) is 11.4. The minimum absolute atomic E-state index is 0.0845. The number of alkyl halides is 1. The van der Waals surface area contributed by atoms with Gasteiger partial charge in [-0.05, 0) is 26.0 Å². The molecule has 0 aromatic heterocycles. The number of carbonyl (C=O) groups excluding carboxylic acids is 1. The molecule has 0 aliphatic carbocycles. The fourth-order valence-electron chi connectivity index (χ4n) is 1.55. The molecule has 0 atom stereocenters. The standard InChI is InChI=1S/C12H16BrNO/c1-9-6-10(2)8-11(7-9)12(15)14(3)5-4-13/h6-8H,4-5H2,1-3H3. The van der Waals surface area contributed by atoms with Crippen molar-refractivity contribution in [1.29, 1.82) is 0 Å². The van der Waals surface area contributed by atoms with E-state index in [-0.39, 0.29) is 5.91 Å². The second kappa shape index (κ2) is 5.31. The van der Waals surface area contributed by atoms with Crippen LogP contribution in [0.3, 0.4) is 0 Å². The van der Waals surface area contributed by atoms with Crippen molar-refractivity contribution in [3.8, 4) is 0 Å². The molecule has 0 N–H and O–H groups in total. The van der Waals surface area contributed by atoms with E-state index in [1.54, 1.807) is 4.90 Å². The summed E-state index contributed by atoms with van der Waals surface area (Å²) < 4.78 is 0. The average molecular weight is 270 g/mol. The van der Waals surface area contributed by atoms with Crippen LogP contribution >= 0.6 is 15.9 Å². The first-order chi connectivity index (χ1) is 7.04. The fourth-order valence-corrected chi connectivity index (χ4v) is 2.08. The first-order valence-electron chi connectivity index (χ1n) is 4.94. The van der Waals surface area contributed by atoms with E-state index in [0.29, 0.717) is 0 Å². The van der Waals surface area contributed by atoms with E-state index in [0.717, 1.165) is 28.6 Å². The van der Waals surface area contributed by atoms with E-state index in [2.05, 4.69) is 22.0 Å². The van der Waals surface area contributed by atoms with Gasteiger partial charge in [-0.25, -0.2) is 0 Å². The van der Waals surface area contributed by atoms with Crippen LogP contribution in [0.25, 0.3) is 0 Å². The van der Waals surface area contributed by atoms with E-state index in [4.69, 9.17) is 0 Å². The number of aryl methyl sites for hydroxylation is 2. The SMILES string of the molecule is Cc1cc(C)cc(C(=O)N(C)CCBr)c1. The molecule has 0 fully saturated rings. The molecular formula is C12H16BrNO. The average Bonchev–Trinajstić information content (AvgIpc) is 2.15. The number of nitrogens with zero attached hydrogens (tertiary/aromatic N) is 1. The van der Waals surface area contributed by atoms with Crippen molar-refractivity contribution in [3.05, 3.63) is 34.9 Å². The number of hydrogen-bond acceptors (Lipinski definition) is 1. The van der Waals surface area contributed by atoms with Crippen LogP contribution in [0.4, 0.5) is 0 Å². The molecule has 0 saturated carbocycles. The summed E-state index contributed by atoms with van der Waals surface area (Å²) in [5.74, 6) is 0.0845. The minimum Gasteiger partial charge on any atom is -0.341 e. The van der Waals surface area contributed by atoms with Crippen molar-refractivity contribution in [2.24, 2.45) is 0 Å². The van der Waals surface area contributed by atoms with Gasteiger partial charge in [-0.3, -0.25) is 4.79 Å². The van der Waals surface area contributed by atoms with Crippen LogP contribution in [0.2, 0.25) is 0 Å². The molecule has 1 aromatic rings. The first-order valence-corrected chi connectivity index (χ1v) is 6.06. The van der Waals surface area contributed by atoms with Crippen LogP contribution < -0.4 is 0 Å². The van der Waals surface area contributed by atoms with Gasteiger partial charge >= 0.3 is 0 Å². The van der Waals surface area contributed by atoms with Crippen molar-refractivity contribution < 1.29 is 4.79 Å². The van der Waals surface area contributed by atoms with Crippen molar-refractivity contribution in [3.63, 3.8) is 0 Å². The van der Waals surface area contributed by atoms with Crippen molar-refractivity contribution in [2.75, 3.05) is 18.9 Å². The van der Waals surface area contributed by atoms with Crippen molar-refractivity contribution in [1.82, 2.24) is 4.90 Å². The third kappa shape index (κ3) is 3.34. The van der Waals surface area contributed by atoms with Crippen LogP contribution in [-0.4, -0.2) is 29.7 Å². The highest BCUT2D eigenvalue weighted by Crippen LogP contribution is 2.10. The second-order valence-corrected chi connectivity index (χ2v) is 4.59. The summed E-state index contributed by atoms with van der Waals surface area (Å²) in [5, 5.41) is 0.806. The lowest BCUT2D eigenvalue weighted by atomic mass is 10.1. The lowest BCUT2D eigenvalue weighted by molar-refractivity contribution is 0.0804. The highest BCUT2D eigenvalue weighted by Gasteiger charge is 2.11. The minimum atomic E-state index is 0.0845. The number of rotatable bonds is 3. The van der Waals surface area contributed by atoms with E-state index < -0.39 is 0 Å². The summed E-state index contributed by atoms with van der Waals surface area (Å²) in [6, 6.07) is 5.93. The number of halogens is 1. The summed E-state index contributed by atoms with van der Waals surface area (Å²) in [6.45, 7) is 4.74. The predicted octanol–water partition coefficient (Wildman–Crippen LogP) is 2.77. The van der Waals surface area contributed by atoms with Gasteiger partial charge in [-0.1, -0.05) is 33.1 Å². The zero-order valence-corrected chi connectivity index (χ0v) is 11.0. The molecule has 0 saturated heterocycles. The smallest absolute Gasteiger partial charge is 0.253 e. The Morgan fingerprint density at radius 3 is 2.27 bits per heavy atom. The van der Waals surface area contributed by atoms with Crippen LogP contribution in [0.5, 0.6) is 0 Å². The third-order valence-electron chi connectivity index (χ3n) is 2.24. The molecule has 3 heteroatoms. The van der Waals surface area contributed by atoms with Gasteiger partial charge in [-0.2, -0.15) is 0 Å².